The summed E-state index contributed by atoms with van der Waals surface area (Å²) in [5, 5.41) is 7.45. The Kier molecular flexibility index (Phi) is 4.95. The Morgan fingerprint density at radius 1 is 1.35 bits per heavy atom. The van der Waals surface area contributed by atoms with Crippen LogP contribution in [0.3, 0.4) is 0 Å². The highest BCUT2D eigenvalue weighted by Gasteiger charge is 2.16. The largest absolute Gasteiger partial charge is 0.324 e. The summed E-state index contributed by atoms with van der Waals surface area (Å²) >= 11 is 3.27. The minimum Gasteiger partial charge on any atom is -0.324 e. The van der Waals surface area contributed by atoms with E-state index in [-0.39, 0.29) is 23.9 Å². The average Bonchev–Trinajstić information content (AvgIpc) is 2.86. The average molecular weight is 418 g/mol. The van der Waals surface area contributed by atoms with E-state index in [0.717, 1.165) is 16.8 Å². The Labute approximate surface area is 159 Å². The zero-order valence-electron chi connectivity index (χ0n) is 15.1. The number of fused-ring (bicyclic) bond motifs is 1. The molecule has 1 N–H and O–H groups in total. The van der Waals surface area contributed by atoms with Gasteiger partial charge in [-0.3, -0.25) is 14.2 Å². The van der Waals surface area contributed by atoms with Crippen molar-refractivity contribution in [2.75, 3.05) is 5.32 Å². The number of para-hydroxylation sites is 1. The van der Waals surface area contributed by atoms with Crippen LogP contribution in [0.15, 0.2) is 33.9 Å². The fourth-order valence-electron chi connectivity index (χ4n) is 2.92. The molecule has 0 saturated heterocycles. The summed E-state index contributed by atoms with van der Waals surface area (Å²) in [6.45, 7) is 5.99. The van der Waals surface area contributed by atoms with Crippen LogP contribution in [0.25, 0.3) is 11.0 Å². The van der Waals surface area contributed by atoms with Gasteiger partial charge in [-0.25, -0.2) is 9.67 Å². The third-order valence-corrected chi connectivity index (χ3v) is 4.83. The molecule has 3 aromatic rings. The molecule has 7 nitrogen and oxygen atoms in total. The van der Waals surface area contributed by atoms with Crippen LogP contribution in [0.5, 0.6) is 0 Å². The molecule has 0 aliphatic rings. The molecule has 136 valence electrons. The monoisotopic (exact) mass is 417 g/mol. The molecule has 0 spiro atoms. The second-order valence-corrected chi connectivity index (χ2v) is 7.28. The standard InChI is InChI=1S/C18H20BrN5O2/c1-10(2)12-7-5-6-11(3)15(12)21-13(25)8-24-9-20-17-14(18(24)26)16(19)22-23(17)4/h5-7,9-10H,8H2,1-4H3,(H,21,25). The van der Waals surface area contributed by atoms with Gasteiger partial charge in [0.1, 0.15) is 22.9 Å². The van der Waals surface area contributed by atoms with Crippen molar-refractivity contribution in [2.45, 2.75) is 33.2 Å². The Morgan fingerprint density at radius 2 is 2.08 bits per heavy atom. The van der Waals surface area contributed by atoms with Gasteiger partial charge in [-0.15, -0.1) is 0 Å². The highest BCUT2D eigenvalue weighted by Crippen LogP contribution is 2.27. The molecule has 0 bridgehead atoms. The Hall–Kier alpha value is -2.48. The summed E-state index contributed by atoms with van der Waals surface area (Å²) in [5.74, 6) is 0.00162. The van der Waals surface area contributed by atoms with Crippen LogP contribution in [0.4, 0.5) is 5.69 Å². The third-order valence-electron chi connectivity index (χ3n) is 4.27. The highest BCUT2D eigenvalue weighted by atomic mass is 79.9. The Morgan fingerprint density at radius 3 is 2.77 bits per heavy atom. The van der Waals surface area contributed by atoms with E-state index in [1.165, 1.54) is 15.6 Å². The van der Waals surface area contributed by atoms with E-state index in [2.05, 4.69) is 45.2 Å². The minimum absolute atomic E-state index is 0.116. The number of carbonyl (C=O) groups is 1. The van der Waals surface area contributed by atoms with Gasteiger partial charge in [-0.05, 0) is 39.9 Å². The molecule has 0 saturated carbocycles. The third kappa shape index (κ3) is 3.29. The SMILES string of the molecule is Cc1cccc(C(C)C)c1NC(=O)Cn1cnc2c(c(Br)nn2C)c1=O. The molecule has 0 atom stereocenters. The molecule has 1 amide bonds. The molecule has 26 heavy (non-hydrogen) atoms. The van der Waals surface area contributed by atoms with Gasteiger partial charge in [0, 0.05) is 12.7 Å². The molecule has 2 heterocycles. The van der Waals surface area contributed by atoms with Crippen LogP contribution in [0.2, 0.25) is 0 Å². The van der Waals surface area contributed by atoms with Crippen LogP contribution in [-0.4, -0.2) is 25.2 Å². The number of halogens is 1. The molecule has 1 aromatic carbocycles. The summed E-state index contributed by atoms with van der Waals surface area (Å²) in [5.41, 5.74) is 3.02. The van der Waals surface area contributed by atoms with Gasteiger partial charge in [0.05, 0.1) is 0 Å². The number of rotatable bonds is 4. The van der Waals surface area contributed by atoms with Crippen molar-refractivity contribution in [3.8, 4) is 0 Å². The van der Waals surface area contributed by atoms with Crippen LogP contribution in [-0.2, 0) is 18.4 Å². The number of aryl methyl sites for hydroxylation is 2. The molecule has 0 aliphatic carbocycles. The number of hydrogen-bond acceptors (Lipinski definition) is 4. The lowest BCUT2D eigenvalue weighted by Crippen LogP contribution is -2.28. The molecule has 8 heteroatoms. The van der Waals surface area contributed by atoms with Crippen molar-refractivity contribution >= 4 is 38.6 Å². The lowest BCUT2D eigenvalue weighted by molar-refractivity contribution is -0.116. The van der Waals surface area contributed by atoms with E-state index in [4.69, 9.17) is 0 Å². The van der Waals surface area contributed by atoms with Crippen molar-refractivity contribution in [3.63, 3.8) is 0 Å². The van der Waals surface area contributed by atoms with Crippen molar-refractivity contribution in [1.82, 2.24) is 19.3 Å². The number of aromatic nitrogens is 4. The van der Waals surface area contributed by atoms with E-state index in [9.17, 15) is 9.59 Å². The number of amides is 1. The minimum atomic E-state index is -0.306. The number of anilines is 1. The summed E-state index contributed by atoms with van der Waals surface area (Å²) in [4.78, 5) is 29.4. The molecule has 0 aliphatic heterocycles. The normalized spacial score (nSPS) is 11.3. The Balaban J connectivity index is 1.90. The molecule has 0 radical (unpaired) electrons. The van der Waals surface area contributed by atoms with Gasteiger partial charge in [-0.1, -0.05) is 32.0 Å². The summed E-state index contributed by atoms with van der Waals surface area (Å²) in [6, 6.07) is 5.93. The Bertz CT molecular complexity index is 1050. The maximum atomic E-state index is 12.7. The molecular formula is C18H20BrN5O2. The number of benzene rings is 1. The zero-order chi connectivity index (χ0) is 19.0. The molecule has 2 aromatic heterocycles. The molecule has 3 rings (SSSR count). The first kappa shape index (κ1) is 18.3. The van der Waals surface area contributed by atoms with Crippen LogP contribution < -0.4 is 10.9 Å². The number of nitrogens with zero attached hydrogens (tertiary/aromatic N) is 4. The van der Waals surface area contributed by atoms with E-state index in [1.807, 2.05) is 25.1 Å². The van der Waals surface area contributed by atoms with Crippen LogP contribution in [0, 0.1) is 6.92 Å². The van der Waals surface area contributed by atoms with Crippen molar-refractivity contribution in [1.29, 1.82) is 0 Å². The van der Waals surface area contributed by atoms with Gasteiger partial charge in [0.15, 0.2) is 5.65 Å². The van der Waals surface area contributed by atoms with Crippen LogP contribution in [0.1, 0.15) is 30.9 Å². The first-order chi connectivity index (χ1) is 12.3. The fraction of sp³-hybridized carbons (Fsp3) is 0.333. The smallest absolute Gasteiger partial charge is 0.266 e. The zero-order valence-corrected chi connectivity index (χ0v) is 16.7. The number of nitrogens with one attached hydrogen (secondary N) is 1. The molecule has 0 fully saturated rings. The van der Waals surface area contributed by atoms with Gasteiger partial charge < -0.3 is 5.32 Å². The summed E-state index contributed by atoms with van der Waals surface area (Å²) in [6.07, 6.45) is 1.37. The first-order valence-electron chi connectivity index (χ1n) is 8.26. The lowest BCUT2D eigenvalue weighted by atomic mass is 9.98. The van der Waals surface area contributed by atoms with Crippen molar-refractivity contribution in [3.05, 3.63) is 50.6 Å². The maximum Gasteiger partial charge on any atom is 0.266 e. The fourth-order valence-corrected chi connectivity index (χ4v) is 3.51. The molecule has 0 unspecified atom stereocenters. The van der Waals surface area contributed by atoms with Crippen LogP contribution >= 0.6 is 15.9 Å². The summed E-state index contributed by atoms with van der Waals surface area (Å²) < 4.78 is 3.23. The predicted octanol–water partition coefficient (Wildman–Crippen LogP) is 2.96. The van der Waals surface area contributed by atoms with Gasteiger partial charge >= 0.3 is 0 Å². The lowest BCUT2D eigenvalue weighted by Gasteiger charge is -2.16. The maximum absolute atomic E-state index is 12.7. The topological polar surface area (TPSA) is 81.8 Å². The second-order valence-electron chi connectivity index (χ2n) is 6.53. The number of carbonyl (C=O) groups excluding carboxylic acids is 1. The van der Waals surface area contributed by atoms with E-state index in [1.54, 1.807) is 7.05 Å². The van der Waals surface area contributed by atoms with Crippen molar-refractivity contribution in [2.24, 2.45) is 7.05 Å². The highest BCUT2D eigenvalue weighted by molar-refractivity contribution is 9.10. The molecular weight excluding hydrogens is 398 g/mol. The van der Waals surface area contributed by atoms with Gasteiger partial charge in [0.25, 0.3) is 5.56 Å². The van der Waals surface area contributed by atoms with E-state index < -0.39 is 0 Å². The van der Waals surface area contributed by atoms with Gasteiger partial charge in [-0.2, -0.15) is 5.10 Å². The van der Waals surface area contributed by atoms with E-state index in [0.29, 0.717) is 15.6 Å². The second kappa shape index (κ2) is 7.03. The number of hydrogen-bond donors (Lipinski definition) is 1. The quantitative estimate of drug-likeness (QED) is 0.707. The first-order valence-corrected chi connectivity index (χ1v) is 9.06. The van der Waals surface area contributed by atoms with Gasteiger partial charge in [0.2, 0.25) is 5.91 Å². The van der Waals surface area contributed by atoms with Crippen molar-refractivity contribution < 1.29 is 4.79 Å². The van der Waals surface area contributed by atoms with E-state index >= 15 is 0 Å². The summed E-state index contributed by atoms with van der Waals surface area (Å²) in [7, 11) is 1.71. The predicted molar refractivity (Wildman–Crippen MR) is 104 cm³/mol.